The Morgan fingerprint density at radius 2 is 2.11 bits per heavy atom. The number of amides is 1. The van der Waals surface area contributed by atoms with E-state index in [9.17, 15) is 13.2 Å². The molecule has 28 heavy (non-hydrogen) atoms. The van der Waals surface area contributed by atoms with Gasteiger partial charge in [-0.2, -0.15) is 0 Å². The third-order valence-corrected chi connectivity index (χ3v) is 6.44. The third kappa shape index (κ3) is 4.62. The van der Waals surface area contributed by atoms with Crippen LogP contribution in [0.25, 0.3) is 0 Å². The zero-order chi connectivity index (χ0) is 20.5. The summed E-state index contributed by atoms with van der Waals surface area (Å²) in [4.78, 5) is 12.4. The van der Waals surface area contributed by atoms with Crippen molar-refractivity contribution in [1.82, 2.24) is 14.8 Å². The number of nitrogens with one attached hydrogen (secondary N) is 1. The zero-order valence-corrected chi connectivity index (χ0v) is 17.4. The number of hydrogen-bond donors (Lipinski definition) is 2. The molecule has 150 valence electrons. The molecule has 8 nitrogen and oxygen atoms in total. The molecule has 3 rings (SSSR count). The van der Waals surface area contributed by atoms with Crippen LogP contribution in [-0.4, -0.2) is 34.8 Å². The Hall–Kier alpha value is -2.17. The van der Waals surface area contributed by atoms with Gasteiger partial charge >= 0.3 is 0 Å². The number of primary sulfonamides is 1. The first kappa shape index (κ1) is 20.6. The first-order chi connectivity index (χ1) is 13.2. The highest BCUT2D eigenvalue weighted by molar-refractivity contribution is 7.99. The second kappa shape index (κ2) is 8.06. The van der Waals surface area contributed by atoms with Crippen molar-refractivity contribution in [2.24, 2.45) is 5.14 Å². The van der Waals surface area contributed by atoms with E-state index in [1.54, 1.807) is 13.0 Å². The van der Waals surface area contributed by atoms with E-state index in [1.165, 1.54) is 23.9 Å². The van der Waals surface area contributed by atoms with Gasteiger partial charge in [0.05, 0.1) is 10.6 Å². The first-order valence-corrected chi connectivity index (χ1v) is 11.3. The van der Waals surface area contributed by atoms with Crippen molar-refractivity contribution in [3.8, 4) is 0 Å². The average molecular weight is 422 g/mol. The van der Waals surface area contributed by atoms with Crippen LogP contribution in [-0.2, 0) is 21.4 Å². The van der Waals surface area contributed by atoms with Crippen molar-refractivity contribution in [3.63, 3.8) is 0 Å². The molecule has 0 atom stereocenters. The monoisotopic (exact) mass is 421 g/mol. The smallest absolute Gasteiger partial charge is 0.238 e. The molecule has 0 radical (unpaired) electrons. The minimum atomic E-state index is -3.85. The number of anilines is 1. The fourth-order valence-electron chi connectivity index (χ4n) is 2.79. The maximum Gasteiger partial charge on any atom is 0.238 e. The molecule has 1 aliphatic rings. The molecule has 0 saturated heterocycles. The van der Waals surface area contributed by atoms with Crippen molar-refractivity contribution >= 4 is 33.4 Å². The fraction of sp³-hybridized carbons (Fsp3) is 0.389. The summed E-state index contributed by atoms with van der Waals surface area (Å²) in [6.45, 7) is 7.95. The van der Waals surface area contributed by atoms with E-state index in [2.05, 4.69) is 22.1 Å². The predicted molar refractivity (Wildman–Crippen MR) is 109 cm³/mol. The van der Waals surface area contributed by atoms with Crippen molar-refractivity contribution in [3.05, 3.63) is 41.7 Å². The van der Waals surface area contributed by atoms with Gasteiger partial charge in [0, 0.05) is 18.2 Å². The molecule has 1 heterocycles. The maximum atomic E-state index is 12.4. The number of aromatic nitrogens is 3. The Morgan fingerprint density at radius 3 is 2.71 bits per heavy atom. The van der Waals surface area contributed by atoms with Crippen LogP contribution in [0.2, 0.25) is 0 Å². The maximum absolute atomic E-state index is 12.4. The van der Waals surface area contributed by atoms with Crippen molar-refractivity contribution in [2.45, 2.75) is 49.2 Å². The first-order valence-electron chi connectivity index (χ1n) is 8.81. The summed E-state index contributed by atoms with van der Waals surface area (Å²) in [6, 6.07) is 2.87. The van der Waals surface area contributed by atoms with Gasteiger partial charge in [0.1, 0.15) is 5.82 Å². The molecule has 1 aliphatic carbocycles. The van der Waals surface area contributed by atoms with Gasteiger partial charge in [0.2, 0.25) is 15.9 Å². The molecule has 0 aliphatic heterocycles. The molecule has 1 aromatic heterocycles. The Kier molecular flexibility index (Phi) is 5.92. The van der Waals surface area contributed by atoms with Crippen LogP contribution < -0.4 is 10.5 Å². The normalized spacial score (nSPS) is 14.1. The predicted octanol–water partition coefficient (Wildman–Crippen LogP) is 2.34. The van der Waals surface area contributed by atoms with E-state index in [-0.39, 0.29) is 16.6 Å². The van der Waals surface area contributed by atoms with Crippen molar-refractivity contribution < 1.29 is 13.2 Å². The third-order valence-electron chi connectivity index (χ3n) is 4.58. The van der Waals surface area contributed by atoms with Crippen LogP contribution in [0.3, 0.4) is 0 Å². The lowest BCUT2D eigenvalue weighted by Gasteiger charge is -2.13. The SMILES string of the molecule is C=CCn1c(SCC(=O)Nc2cc(S(N)(=O)=O)cc(C)c2C)nnc1C1CC1. The van der Waals surface area contributed by atoms with E-state index in [1.807, 2.05) is 11.5 Å². The average Bonchev–Trinajstić information content (AvgIpc) is 3.38. The second-order valence-electron chi connectivity index (χ2n) is 6.81. The molecule has 1 amide bonds. The van der Waals surface area contributed by atoms with Gasteiger partial charge in [0.25, 0.3) is 0 Å². The molecule has 0 spiro atoms. The van der Waals surface area contributed by atoms with Crippen LogP contribution in [0.1, 0.15) is 35.7 Å². The van der Waals surface area contributed by atoms with Crippen LogP contribution in [0.4, 0.5) is 5.69 Å². The number of aryl methyl sites for hydroxylation is 1. The standard InChI is InChI=1S/C18H23N5O3S2/c1-4-7-23-17(13-5-6-13)21-22-18(23)27-10-16(24)20-15-9-14(28(19,25)26)8-11(2)12(15)3/h4,8-9,13H,1,5-7,10H2,2-3H3,(H,20,24)(H2,19,25,26). The van der Waals surface area contributed by atoms with E-state index in [0.717, 1.165) is 29.8 Å². The van der Waals surface area contributed by atoms with Crippen molar-refractivity contribution in [2.75, 3.05) is 11.1 Å². The Bertz CT molecular complexity index is 1030. The number of nitrogens with two attached hydrogens (primary N) is 1. The number of sulfonamides is 1. The summed E-state index contributed by atoms with van der Waals surface area (Å²) in [5.41, 5.74) is 1.95. The molecule has 10 heteroatoms. The van der Waals surface area contributed by atoms with Gasteiger partial charge in [0.15, 0.2) is 5.16 Å². The lowest BCUT2D eigenvalue weighted by molar-refractivity contribution is -0.113. The molecule has 0 bridgehead atoms. The van der Waals surface area contributed by atoms with Gasteiger partial charge in [-0.05, 0) is 49.9 Å². The topological polar surface area (TPSA) is 120 Å². The number of carbonyl (C=O) groups excluding carboxylic acids is 1. The molecule has 1 fully saturated rings. The number of thioether (sulfide) groups is 1. The van der Waals surface area contributed by atoms with E-state index in [4.69, 9.17) is 5.14 Å². The van der Waals surface area contributed by atoms with E-state index in [0.29, 0.717) is 23.3 Å². The van der Waals surface area contributed by atoms with Crippen LogP contribution >= 0.6 is 11.8 Å². The number of benzene rings is 1. The summed E-state index contributed by atoms with van der Waals surface area (Å²) in [5, 5.41) is 17.1. The number of allylic oxidation sites excluding steroid dienone is 1. The van der Waals surface area contributed by atoms with Crippen LogP contribution in [0.15, 0.2) is 34.8 Å². The van der Waals surface area contributed by atoms with Gasteiger partial charge < -0.3 is 9.88 Å². The van der Waals surface area contributed by atoms with Crippen LogP contribution in [0, 0.1) is 13.8 Å². The summed E-state index contributed by atoms with van der Waals surface area (Å²) in [6.07, 6.45) is 4.00. The van der Waals surface area contributed by atoms with Crippen LogP contribution in [0.5, 0.6) is 0 Å². The van der Waals surface area contributed by atoms with Gasteiger partial charge in [-0.3, -0.25) is 4.79 Å². The Balaban J connectivity index is 1.72. The molecule has 2 aromatic rings. The molecular formula is C18H23N5O3S2. The number of hydrogen-bond acceptors (Lipinski definition) is 6. The zero-order valence-electron chi connectivity index (χ0n) is 15.8. The van der Waals surface area contributed by atoms with Crippen molar-refractivity contribution in [1.29, 1.82) is 0 Å². The second-order valence-corrected chi connectivity index (χ2v) is 9.31. The van der Waals surface area contributed by atoms with E-state index < -0.39 is 10.0 Å². The highest BCUT2D eigenvalue weighted by atomic mass is 32.2. The quantitative estimate of drug-likeness (QED) is 0.499. The summed E-state index contributed by atoms with van der Waals surface area (Å²) >= 11 is 1.29. The largest absolute Gasteiger partial charge is 0.325 e. The summed E-state index contributed by atoms with van der Waals surface area (Å²) in [5.74, 6) is 1.25. The number of rotatable bonds is 8. The highest BCUT2D eigenvalue weighted by Crippen LogP contribution is 2.40. The Labute approximate surface area is 168 Å². The fourth-order valence-corrected chi connectivity index (χ4v) is 4.17. The highest BCUT2D eigenvalue weighted by Gasteiger charge is 2.30. The molecule has 1 aromatic carbocycles. The minimum absolute atomic E-state index is 0.0293. The summed E-state index contributed by atoms with van der Waals surface area (Å²) in [7, 11) is -3.85. The van der Waals surface area contributed by atoms with Gasteiger partial charge in [-0.1, -0.05) is 17.8 Å². The van der Waals surface area contributed by atoms with E-state index >= 15 is 0 Å². The number of carbonyl (C=O) groups is 1. The molecule has 3 N–H and O–H groups in total. The number of nitrogens with zero attached hydrogens (tertiary/aromatic N) is 3. The summed E-state index contributed by atoms with van der Waals surface area (Å²) < 4.78 is 25.3. The minimum Gasteiger partial charge on any atom is -0.325 e. The molecule has 0 unspecified atom stereocenters. The van der Waals surface area contributed by atoms with Gasteiger partial charge in [-0.25, -0.2) is 13.6 Å². The molecule has 1 saturated carbocycles. The Morgan fingerprint density at radius 1 is 1.39 bits per heavy atom. The lowest BCUT2D eigenvalue weighted by Crippen LogP contribution is -2.18. The van der Waals surface area contributed by atoms with Gasteiger partial charge in [-0.15, -0.1) is 16.8 Å². The lowest BCUT2D eigenvalue weighted by atomic mass is 10.1. The molecular weight excluding hydrogens is 398 g/mol.